The van der Waals surface area contributed by atoms with E-state index in [2.05, 4.69) is 0 Å². The van der Waals surface area contributed by atoms with Crippen LogP contribution in [-0.4, -0.2) is 33.0 Å². The van der Waals surface area contributed by atoms with Crippen molar-refractivity contribution in [2.24, 2.45) is 5.73 Å². The monoisotopic (exact) mass is 189 g/mol. The summed E-state index contributed by atoms with van der Waals surface area (Å²) in [5.41, 5.74) is 5.89. The summed E-state index contributed by atoms with van der Waals surface area (Å²) >= 11 is 0. The SMILES string of the molecule is CCOCCCC(N)CCCOC. The van der Waals surface area contributed by atoms with Crippen LogP contribution in [0.25, 0.3) is 0 Å². The van der Waals surface area contributed by atoms with E-state index in [1.165, 1.54) is 0 Å². The predicted octanol–water partition coefficient (Wildman–Crippen LogP) is 1.56. The summed E-state index contributed by atoms with van der Waals surface area (Å²) in [6, 6.07) is 0.315. The minimum atomic E-state index is 0.315. The van der Waals surface area contributed by atoms with Crippen molar-refractivity contribution in [3.05, 3.63) is 0 Å². The number of ether oxygens (including phenoxy) is 2. The lowest BCUT2D eigenvalue weighted by atomic mass is 10.1. The van der Waals surface area contributed by atoms with Crippen LogP contribution in [0, 0.1) is 0 Å². The van der Waals surface area contributed by atoms with E-state index in [1.807, 2.05) is 6.92 Å². The zero-order valence-corrected chi connectivity index (χ0v) is 8.92. The topological polar surface area (TPSA) is 44.5 Å². The van der Waals surface area contributed by atoms with Gasteiger partial charge in [-0.25, -0.2) is 0 Å². The molecule has 13 heavy (non-hydrogen) atoms. The molecule has 2 N–H and O–H groups in total. The molecule has 0 aromatic carbocycles. The van der Waals surface area contributed by atoms with Crippen molar-refractivity contribution in [3.63, 3.8) is 0 Å². The third-order valence-electron chi connectivity index (χ3n) is 1.99. The van der Waals surface area contributed by atoms with E-state index in [1.54, 1.807) is 7.11 Å². The Hall–Kier alpha value is -0.120. The molecule has 0 rings (SSSR count). The average molecular weight is 189 g/mol. The number of methoxy groups -OCH3 is 1. The normalized spacial score (nSPS) is 13.2. The van der Waals surface area contributed by atoms with Crippen molar-refractivity contribution >= 4 is 0 Å². The first-order valence-corrected chi connectivity index (χ1v) is 5.13. The summed E-state index contributed by atoms with van der Waals surface area (Å²) in [5.74, 6) is 0. The molecule has 3 nitrogen and oxygen atoms in total. The lowest BCUT2D eigenvalue weighted by molar-refractivity contribution is 0.141. The van der Waals surface area contributed by atoms with Gasteiger partial charge in [-0.15, -0.1) is 0 Å². The van der Waals surface area contributed by atoms with Crippen LogP contribution in [0.15, 0.2) is 0 Å². The third-order valence-corrected chi connectivity index (χ3v) is 1.99. The summed E-state index contributed by atoms with van der Waals surface area (Å²) in [6.45, 7) is 4.48. The highest BCUT2D eigenvalue weighted by molar-refractivity contribution is 4.60. The van der Waals surface area contributed by atoms with Gasteiger partial charge < -0.3 is 15.2 Å². The Morgan fingerprint density at radius 1 is 1.15 bits per heavy atom. The molecule has 0 radical (unpaired) electrons. The van der Waals surface area contributed by atoms with Crippen LogP contribution in [0.2, 0.25) is 0 Å². The van der Waals surface area contributed by atoms with Gasteiger partial charge in [0.25, 0.3) is 0 Å². The van der Waals surface area contributed by atoms with E-state index >= 15 is 0 Å². The van der Waals surface area contributed by atoms with E-state index in [-0.39, 0.29) is 0 Å². The van der Waals surface area contributed by atoms with Crippen LogP contribution in [0.5, 0.6) is 0 Å². The maximum atomic E-state index is 5.89. The van der Waals surface area contributed by atoms with E-state index in [0.717, 1.165) is 45.5 Å². The second-order valence-electron chi connectivity index (χ2n) is 3.23. The summed E-state index contributed by atoms with van der Waals surface area (Å²) in [5, 5.41) is 0. The summed E-state index contributed by atoms with van der Waals surface area (Å²) in [4.78, 5) is 0. The van der Waals surface area contributed by atoms with E-state index < -0.39 is 0 Å². The van der Waals surface area contributed by atoms with Gasteiger partial charge in [0.05, 0.1) is 0 Å². The minimum Gasteiger partial charge on any atom is -0.385 e. The fourth-order valence-corrected chi connectivity index (χ4v) is 1.23. The maximum absolute atomic E-state index is 5.89. The smallest absolute Gasteiger partial charge is 0.0466 e. The van der Waals surface area contributed by atoms with Crippen molar-refractivity contribution in [2.45, 2.75) is 38.6 Å². The van der Waals surface area contributed by atoms with Gasteiger partial charge >= 0.3 is 0 Å². The number of rotatable bonds is 9. The van der Waals surface area contributed by atoms with Crippen molar-refractivity contribution in [1.82, 2.24) is 0 Å². The van der Waals surface area contributed by atoms with Crippen LogP contribution in [-0.2, 0) is 9.47 Å². The molecular formula is C10H23NO2. The molecule has 0 amide bonds. The molecule has 1 unspecified atom stereocenters. The number of hydrogen-bond acceptors (Lipinski definition) is 3. The fraction of sp³-hybridized carbons (Fsp3) is 1.00. The molecule has 0 fully saturated rings. The molecule has 3 heteroatoms. The van der Waals surface area contributed by atoms with Crippen LogP contribution in [0.3, 0.4) is 0 Å². The molecule has 80 valence electrons. The molecule has 0 saturated carbocycles. The fourth-order valence-electron chi connectivity index (χ4n) is 1.23. The summed E-state index contributed by atoms with van der Waals surface area (Å²) < 4.78 is 10.2. The number of hydrogen-bond donors (Lipinski definition) is 1. The Kier molecular flexibility index (Phi) is 9.87. The second kappa shape index (κ2) is 9.96. The molecule has 0 spiro atoms. The van der Waals surface area contributed by atoms with Gasteiger partial charge in [0, 0.05) is 33.0 Å². The average Bonchev–Trinajstić information content (AvgIpc) is 2.13. The molecule has 0 aromatic heterocycles. The first-order chi connectivity index (χ1) is 6.31. The van der Waals surface area contributed by atoms with Gasteiger partial charge in [-0.2, -0.15) is 0 Å². The van der Waals surface area contributed by atoms with Crippen LogP contribution >= 0.6 is 0 Å². The molecule has 1 atom stereocenters. The molecule has 0 aromatic rings. The van der Waals surface area contributed by atoms with Gasteiger partial charge in [0.2, 0.25) is 0 Å². The van der Waals surface area contributed by atoms with Crippen molar-refractivity contribution < 1.29 is 9.47 Å². The Morgan fingerprint density at radius 2 is 1.77 bits per heavy atom. The van der Waals surface area contributed by atoms with E-state index in [9.17, 15) is 0 Å². The van der Waals surface area contributed by atoms with Crippen LogP contribution < -0.4 is 5.73 Å². The second-order valence-corrected chi connectivity index (χ2v) is 3.23. The highest BCUT2D eigenvalue weighted by Gasteiger charge is 2.01. The van der Waals surface area contributed by atoms with E-state index in [4.69, 9.17) is 15.2 Å². The standard InChI is InChI=1S/C10H23NO2/c1-3-13-9-5-7-10(11)6-4-8-12-2/h10H,3-9,11H2,1-2H3. The van der Waals surface area contributed by atoms with Crippen LogP contribution in [0.4, 0.5) is 0 Å². The first kappa shape index (κ1) is 12.9. The van der Waals surface area contributed by atoms with Gasteiger partial charge in [-0.1, -0.05) is 0 Å². The molecule has 0 aliphatic rings. The van der Waals surface area contributed by atoms with Gasteiger partial charge in [-0.05, 0) is 32.6 Å². The van der Waals surface area contributed by atoms with Crippen LogP contribution in [0.1, 0.15) is 32.6 Å². The quantitative estimate of drug-likeness (QED) is 0.560. The maximum Gasteiger partial charge on any atom is 0.0466 e. The van der Waals surface area contributed by atoms with E-state index in [0.29, 0.717) is 6.04 Å². The zero-order valence-electron chi connectivity index (χ0n) is 8.92. The molecule has 0 aliphatic heterocycles. The first-order valence-electron chi connectivity index (χ1n) is 5.13. The van der Waals surface area contributed by atoms with Gasteiger partial charge in [-0.3, -0.25) is 0 Å². The molecule has 0 bridgehead atoms. The lowest BCUT2D eigenvalue weighted by Crippen LogP contribution is -2.20. The Bertz CT molecular complexity index is 98.9. The Morgan fingerprint density at radius 3 is 2.31 bits per heavy atom. The largest absolute Gasteiger partial charge is 0.385 e. The van der Waals surface area contributed by atoms with Crippen molar-refractivity contribution in [3.8, 4) is 0 Å². The lowest BCUT2D eigenvalue weighted by Gasteiger charge is -2.10. The third kappa shape index (κ3) is 9.80. The Balaban J connectivity index is 3.05. The van der Waals surface area contributed by atoms with Gasteiger partial charge in [0.15, 0.2) is 0 Å². The molecular weight excluding hydrogens is 166 g/mol. The summed E-state index contributed by atoms with van der Waals surface area (Å²) in [6.07, 6.45) is 4.25. The van der Waals surface area contributed by atoms with Gasteiger partial charge in [0.1, 0.15) is 0 Å². The van der Waals surface area contributed by atoms with Crippen molar-refractivity contribution in [2.75, 3.05) is 26.9 Å². The highest BCUT2D eigenvalue weighted by Crippen LogP contribution is 2.02. The Labute approximate surface area is 81.6 Å². The highest BCUT2D eigenvalue weighted by atomic mass is 16.5. The molecule has 0 aliphatic carbocycles. The number of nitrogens with two attached hydrogens (primary N) is 1. The molecule has 0 heterocycles. The zero-order chi connectivity index (χ0) is 9.94. The van der Waals surface area contributed by atoms with Crippen molar-refractivity contribution in [1.29, 1.82) is 0 Å². The minimum absolute atomic E-state index is 0.315. The predicted molar refractivity (Wildman–Crippen MR) is 54.8 cm³/mol. The molecule has 0 saturated heterocycles. The summed E-state index contributed by atoms with van der Waals surface area (Å²) in [7, 11) is 1.72.